The summed E-state index contributed by atoms with van der Waals surface area (Å²) in [5.41, 5.74) is 7.93. The molecule has 3 rings (SSSR count). The third-order valence-corrected chi connectivity index (χ3v) is 4.30. The molecular formula is C18H19N3O2. The van der Waals surface area contributed by atoms with Gasteiger partial charge in [0.25, 0.3) is 0 Å². The zero-order valence-electron chi connectivity index (χ0n) is 13.2. The van der Waals surface area contributed by atoms with E-state index >= 15 is 0 Å². The molecule has 1 heterocycles. The van der Waals surface area contributed by atoms with Crippen LogP contribution >= 0.6 is 0 Å². The van der Waals surface area contributed by atoms with E-state index in [9.17, 15) is 4.79 Å². The zero-order chi connectivity index (χ0) is 16.4. The molecule has 0 saturated carbocycles. The summed E-state index contributed by atoms with van der Waals surface area (Å²) < 4.78 is 5.23. The van der Waals surface area contributed by atoms with Gasteiger partial charge < -0.3 is 10.5 Å². The van der Waals surface area contributed by atoms with Crippen molar-refractivity contribution in [1.82, 2.24) is 10.2 Å². The smallest absolute Gasteiger partial charge is 0.240 e. The maximum atomic E-state index is 11.7. The van der Waals surface area contributed by atoms with Gasteiger partial charge in [-0.05, 0) is 23.3 Å². The summed E-state index contributed by atoms with van der Waals surface area (Å²) in [6.45, 7) is 2.03. The predicted molar refractivity (Wildman–Crippen MR) is 89.4 cm³/mol. The number of aromatic nitrogens is 2. The van der Waals surface area contributed by atoms with Gasteiger partial charge in [-0.15, -0.1) is 5.10 Å². The van der Waals surface area contributed by atoms with E-state index in [-0.39, 0.29) is 12.3 Å². The molecule has 0 bridgehead atoms. The lowest BCUT2D eigenvalue weighted by Crippen LogP contribution is -2.30. The molecular weight excluding hydrogens is 290 g/mol. The zero-order valence-corrected chi connectivity index (χ0v) is 13.2. The van der Waals surface area contributed by atoms with Gasteiger partial charge in [0.15, 0.2) is 0 Å². The number of hydrogen-bond acceptors (Lipinski definition) is 3. The molecule has 0 radical (unpaired) electrons. The predicted octanol–water partition coefficient (Wildman–Crippen LogP) is 2.75. The number of ether oxygens (including phenoxy) is 1. The third-order valence-electron chi connectivity index (χ3n) is 4.30. The maximum absolute atomic E-state index is 11.7. The van der Waals surface area contributed by atoms with Crippen LogP contribution in [0.15, 0.2) is 48.5 Å². The Morgan fingerprint density at radius 1 is 1.22 bits per heavy atom. The number of hydrogen-bond donors (Lipinski definition) is 2. The molecule has 3 aromatic rings. The van der Waals surface area contributed by atoms with Gasteiger partial charge in [-0.1, -0.05) is 43.3 Å². The Morgan fingerprint density at radius 3 is 2.61 bits per heavy atom. The highest BCUT2D eigenvalue weighted by molar-refractivity contribution is 5.85. The number of H-pyrrole nitrogens is 1. The number of nitrogens with one attached hydrogen (secondary N) is 1. The number of nitrogens with zero attached hydrogens (tertiary/aromatic N) is 1. The van der Waals surface area contributed by atoms with Crippen molar-refractivity contribution in [3.63, 3.8) is 0 Å². The molecule has 1 amide bonds. The Morgan fingerprint density at radius 2 is 1.96 bits per heavy atom. The van der Waals surface area contributed by atoms with Gasteiger partial charge in [0.2, 0.25) is 11.8 Å². The number of carbonyl (C=O) groups excluding carboxylic acids is 1. The van der Waals surface area contributed by atoms with Gasteiger partial charge in [-0.2, -0.15) is 0 Å². The van der Waals surface area contributed by atoms with Gasteiger partial charge in [0.05, 0.1) is 18.0 Å². The molecule has 23 heavy (non-hydrogen) atoms. The largest absolute Gasteiger partial charge is 0.480 e. The number of rotatable bonds is 5. The highest BCUT2D eigenvalue weighted by atomic mass is 16.5. The first-order chi connectivity index (χ1) is 11.0. The Hall–Kier alpha value is -2.82. The Kier molecular flexibility index (Phi) is 3.78. The minimum absolute atomic E-state index is 0.230. The lowest BCUT2D eigenvalue weighted by atomic mass is 9.73. The summed E-state index contributed by atoms with van der Waals surface area (Å²) in [4.78, 5) is 11.7. The van der Waals surface area contributed by atoms with E-state index < -0.39 is 5.41 Å². The van der Waals surface area contributed by atoms with Crippen LogP contribution in [0.3, 0.4) is 0 Å². The maximum Gasteiger partial charge on any atom is 0.240 e. The van der Waals surface area contributed by atoms with Crippen molar-refractivity contribution in [2.45, 2.75) is 18.8 Å². The molecule has 2 aromatic carbocycles. The average Bonchev–Trinajstić information content (AvgIpc) is 2.97. The fourth-order valence-corrected chi connectivity index (χ4v) is 3.02. The first-order valence-electron chi connectivity index (χ1n) is 7.41. The number of primary amides is 1. The van der Waals surface area contributed by atoms with E-state index in [4.69, 9.17) is 10.5 Å². The quantitative estimate of drug-likeness (QED) is 0.760. The molecule has 0 aliphatic heterocycles. The van der Waals surface area contributed by atoms with Crippen molar-refractivity contribution in [1.29, 1.82) is 0 Å². The summed E-state index contributed by atoms with van der Waals surface area (Å²) >= 11 is 0. The lowest BCUT2D eigenvalue weighted by Gasteiger charge is -2.30. The monoisotopic (exact) mass is 309 g/mol. The molecule has 118 valence electrons. The minimum Gasteiger partial charge on any atom is -0.480 e. The van der Waals surface area contributed by atoms with Crippen LogP contribution < -0.4 is 10.5 Å². The van der Waals surface area contributed by atoms with Crippen molar-refractivity contribution in [3.8, 4) is 5.88 Å². The van der Waals surface area contributed by atoms with E-state index in [1.807, 2.05) is 55.5 Å². The topological polar surface area (TPSA) is 81.0 Å². The molecule has 3 N–H and O–H groups in total. The van der Waals surface area contributed by atoms with Crippen LogP contribution in [0.4, 0.5) is 0 Å². The Bertz CT molecular complexity index is 842. The minimum atomic E-state index is -0.500. The Balaban J connectivity index is 2.15. The second kappa shape index (κ2) is 5.76. The molecule has 0 aliphatic rings. The van der Waals surface area contributed by atoms with E-state index in [1.54, 1.807) is 7.11 Å². The van der Waals surface area contributed by atoms with Crippen LogP contribution in [0.25, 0.3) is 10.9 Å². The number of amides is 1. The first kappa shape index (κ1) is 15.1. The van der Waals surface area contributed by atoms with E-state index in [0.29, 0.717) is 5.88 Å². The van der Waals surface area contributed by atoms with Gasteiger partial charge in [0.1, 0.15) is 0 Å². The van der Waals surface area contributed by atoms with E-state index in [0.717, 1.165) is 22.0 Å². The fraction of sp³-hybridized carbons (Fsp3) is 0.222. The third kappa shape index (κ3) is 2.65. The highest BCUT2D eigenvalue weighted by Gasteiger charge is 2.31. The molecule has 0 spiro atoms. The van der Waals surface area contributed by atoms with Crippen molar-refractivity contribution in [2.75, 3.05) is 7.11 Å². The fourth-order valence-electron chi connectivity index (χ4n) is 3.02. The lowest BCUT2D eigenvalue weighted by molar-refractivity contribution is -0.118. The number of methoxy groups -OCH3 is 1. The summed E-state index contributed by atoms with van der Waals surface area (Å²) in [5, 5.41) is 8.01. The van der Waals surface area contributed by atoms with Gasteiger partial charge in [-0.25, -0.2) is 0 Å². The van der Waals surface area contributed by atoms with Crippen LogP contribution in [0.1, 0.15) is 24.5 Å². The summed E-state index contributed by atoms with van der Waals surface area (Å²) in [5.74, 6) is 0.224. The number of carbonyl (C=O) groups is 1. The number of benzene rings is 2. The molecule has 1 aromatic heterocycles. The normalized spacial score (nSPS) is 13.7. The second-order valence-corrected chi connectivity index (χ2v) is 5.83. The average molecular weight is 309 g/mol. The summed E-state index contributed by atoms with van der Waals surface area (Å²) in [6.07, 6.45) is 0.230. The van der Waals surface area contributed by atoms with Crippen LogP contribution in [0.5, 0.6) is 5.88 Å². The van der Waals surface area contributed by atoms with E-state index in [2.05, 4.69) is 10.2 Å². The van der Waals surface area contributed by atoms with Crippen LogP contribution in [0, 0.1) is 0 Å². The van der Waals surface area contributed by atoms with Crippen molar-refractivity contribution in [3.05, 3.63) is 59.7 Å². The molecule has 1 atom stereocenters. The molecule has 5 nitrogen and oxygen atoms in total. The highest BCUT2D eigenvalue weighted by Crippen LogP contribution is 2.37. The number of fused-ring (bicyclic) bond motifs is 1. The van der Waals surface area contributed by atoms with Crippen molar-refractivity contribution < 1.29 is 9.53 Å². The molecule has 0 saturated heterocycles. The van der Waals surface area contributed by atoms with Crippen LogP contribution in [-0.2, 0) is 10.2 Å². The molecule has 0 fully saturated rings. The van der Waals surface area contributed by atoms with Gasteiger partial charge in [-0.3, -0.25) is 9.89 Å². The number of nitrogens with two attached hydrogens (primary N) is 1. The number of aromatic amines is 1. The SMILES string of the molecule is COc1n[nH]c2cc(C(C)(CC(N)=O)c3ccccc3)ccc12. The summed E-state index contributed by atoms with van der Waals surface area (Å²) in [7, 11) is 1.59. The van der Waals surface area contributed by atoms with Crippen LogP contribution in [0.2, 0.25) is 0 Å². The Labute approximate surface area is 134 Å². The van der Waals surface area contributed by atoms with E-state index in [1.165, 1.54) is 0 Å². The first-order valence-corrected chi connectivity index (χ1v) is 7.41. The molecule has 0 aliphatic carbocycles. The standard InChI is InChI=1S/C18H19N3O2/c1-18(11-16(19)22,12-6-4-3-5-7-12)13-8-9-14-15(10-13)20-21-17(14)23-2/h3-10H,11H2,1-2H3,(H2,19,22)(H,20,21). The molecule has 5 heteroatoms. The van der Waals surface area contributed by atoms with Gasteiger partial charge >= 0.3 is 0 Å². The second-order valence-electron chi connectivity index (χ2n) is 5.83. The molecule has 1 unspecified atom stereocenters. The van der Waals surface area contributed by atoms with Crippen molar-refractivity contribution in [2.24, 2.45) is 5.73 Å². The van der Waals surface area contributed by atoms with Crippen LogP contribution in [-0.4, -0.2) is 23.2 Å². The summed E-state index contributed by atoms with van der Waals surface area (Å²) in [6, 6.07) is 15.9. The van der Waals surface area contributed by atoms with Crippen molar-refractivity contribution >= 4 is 16.8 Å². The van der Waals surface area contributed by atoms with Gasteiger partial charge in [0, 0.05) is 11.8 Å².